The summed E-state index contributed by atoms with van der Waals surface area (Å²) in [7, 11) is -3.40. The predicted octanol–water partition coefficient (Wildman–Crippen LogP) is 1.40. The van der Waals surface area contributed by atoms with Crippen LogP contribution in [-0.2, 0) is 21.2 Å². The molecule has 0 amide bonds. The Balaban J connectivity index is 2.20. The van der Waals surface area contributed by atoms with E-state index in [9.17, 15) is 13.2 Å². The summed E-state index contributed by atoms with van der Waals surface area (Å²) < 4.78 is 25.5. The van der Waals surface area contributed by atoms with Crippen LogP contribution < -0.4 is 0 Å². The smallest absolute Gasteiger partial charge is 0.304 e. The van der Waals surface area contributed by atoms with Gasteiger partial charge < -0.3 is 9.67 Å². The van der Waals surface area contributed by atoms with Gasteiger partial charge in [-0.05, 0) is 18.6 Å². The molecule has 1 unspecified atom stereocenters. The fourth-order valence-electron chi connectivity index (χ4n) is 2.91. The molecule has 3 rings (SSSR count). The Hall–Kier alpha value is -1.89. The summed E-state index contributed by atoms with van der Waals surface area (Å²) in [5.41, 5.74) is 1.70. The Bertz CT molecular complexity index is 807. The minimum Gasteiger partial charge on any atom is -0.481 e. The number of carbonyl (C=O) groups is 1. The van der Waals surface area contributed by atoms with Crippen LogP contribution in [0.1, 0.15) is 24.5 Å². The second-order valence-corrected chi connectivity index (χ2v) is 7.06. The average molecular weight is 294 g/mol. The van der Waals surface area contributed by atoms with Gasteiger partial charge in [-0.2, -0.15) is 0 Å². The Morgan fingerprint density at radius 2 is 2.30 bits per heavy atom. The first-order valence-electron chi connectivity index (χ1n) is 6.28. The van der Waals surface area contributed by atoms with E-state index in [0.717, 1.165) is 23.9 Å². The molecule has 20 heavy (non-hydrogen) atoms. The molecule has 1 N–H and O–H groups in total. The van der Waals surface area contributed by atoms with Crippen LogP contribution in [0, 0.1) is 0 Å². The van der Waals surface area contributed by atoms with E-state index in [-0.39, 0.29) is 17.4 Å². The van der Waals surface area contributed by atoms with Crippen LogP contribution in [0.5, 0.6) is 0 Å². The number of carboxylic acids is 1. The second-order valence-electron chi connectivity index (χ2n) is 5.13. The van der Waals surface area contributed by atoms with Gasteiger partial charge in [0.05, 0.1) is 11.9 Å². The summed E-state index contributed by atoms with van der Waals surface area (Å²) in [4.78, 5) is 14.8. The van der Waals surface area contributed by atoms with Crippen molar-refractivity contribution in [2.45, 2.75) is 30.3 Å². The molecule has 2 aromatic heterocycles. The predicted molar refractivity (Wildman–Crippen MR) is 72.5 cm³/mol. The van der Waals surface area contributed by atoms with E-state index in [1.807, 2.05) is 4.57 Å². The van der Waals surface area contributed by atoms with Crippen LogP contribution in [0.25, 0.3) is 10.9 Å². The number of pyridine rings is 1. The van der Waals surface area contributed by atoms with E-state index in [0.29, 0.717) is 11.9 Å². The first-order chi connectivity index (χ1) is 9.38. The summed E-state index contributed by atoms with van der Waals surface area (Å²) in [5.74, 6) is -0.900. The van der Waals surface area contributed by atoms with Gasteiger partial charge in [-0.15, -0.1) is 0 Å². The third kappa shape index (κ3) is 1.98. The summed E-state index contributed by atoms with van der Waals surface area (Å²) in [6.45, 7) is 0.712. The molecule has 1 atom stereocenters. The van der Waals surface area contributed by atoms with E-state index in [4.69, 9.17) is 5.11 Å². The van der Waals surface area contributed by atoms with Crippen LogP contribution in [-0.4, -0.2) is 35.3 Å². The summed E-state index contributed by atoms with van der Waals surface area (Å²) in [5, 5.41) is 9.59. The van der Waals surface area contributed by atoms with Gasteiger partial charge in [0.15, 0.2) is 14.9 Å². The molecule has 0 bridgehead atoms. The molecule has 1 aliphatic rings. The number of fused-ring (bicyclic) bond motifs is 3. The summed E-state index contributed by atoms with van der Waals surface area (Å²) >= 11 is 0. The Labute approximate surface area is 116 Å². The van der Waals surface area contributed by atoms with Gasteiger partial charge in [0.1, 0.15) is 0 Å². The van der Waals surface area contributed by atoms with E-state index < -0.39 is 15.8 Å². The molecule has 0 fully saturated rings. The zero-order chi connectivity index (χ0) is 14.5. The molecule has 2 aromatic rings. The zero-order valence-corrected chi connectivity index (χ0v) is 11.7. The zero-order valence-electron chi connectivity index (χ0n) is 10.9. The molecule has 0 saturated heterocycles. The quantitative estimate of drug-likeness (QED) is 0.924. The highest BCUT2D eigenvalue weighted by atomic mass is 32.2. The van der Waals surface area contributed by atoms with Crippen LogP contribution >= 0.6 is 0 Å². The first kappa shape index (κ1) is 13.1. The van der Waals surface area contributed by atoms with Crippen molar-refractivity contribution in [1.82, 2.24) is 9.55 Å². The van der Waals surface area contributed by atoms with Crippen LogP contribution in [0.15, 0.2) is 23.4 Å². The lowest BCUT2D eigenvalue weighted by Gasteiger charge is -2.04. The number of aromatic nitrogens is 2. The van der Waals surface area contributed by atoms with Crippen LogP contribution in [0.3, 0.4) is 0 Å². The molecule has 1 aliphatic heterocycles. The standard InChI is InChI=1S/C13H14N2O4S/c1-20(18,19)13-9-7-11-8(6-12(16)17)3-5-15(11)10(9)2-4-14-13/h2,4,7-8H,3,5-6H2,1H3,(H,16,17). The fourth-order valence-corrected chi connectivity index (χ4v) is 3.73. The topological polar surface area (TPSA) is 89.3 Å². The highest BCUT2D eigenvalue weighted by Crippen LogP contribution is 2.37. The number of sulfone groups is 1. The van der Waals surface area contributed by atoms with Gasteiger partial charge in [0, 0.05) is 36.0 Å². The third-order valence-electron chi connectivity index (χ3n) is 3.72. The lowest BCUT2D eigenvalue weighted by molar-refractivity contribution is -0.137. The van der Waals surface area contributed by atoms with E-state index in [2.05, 4.69) is 4.98 Å². The van der Waals surface area contributed by atoms with Crippen molar-refractivity contribution in [3.05, 3.63) is 24.0 Å². The van der Waals surface area contributed by atoms with Gasteiger partial charge in [0.2, 0.25) is 0 Å². The third-order valence-corrected chi connectivity index (χ3v) is 4.74. The minimum absolute atomic E-state index is 0.0611. The van der Waals surface area contributed by atoms with Crippen molar-refractivity contribution in [3.8, 4) is 0 Å². The van der Waals surface area contributed by atoms with E-state index in [1.165, 1.54) is 6.20 Å². The minimum atomic E-state index is -3.40. The largest absolute Gasteiger partial charge is 0.481 e. The van der Waals surface area contributed by atoms with Crippen molar-refractivity contribution in [2.24, 2.45) is 0 Å². The monoisotopic (exact) mass is 294 g/mol. The number of aryl methyl sites for hydroxylation is 1. The van der Waals surface area contributed by atoms with Crippen molar-refractivity contribution in [2.75, 3.05) is 6.26 Å². The number of carboxylic acid groups (broad SMARTS) is 1. The number of hydrogen-bond acceptors (Lipinski definition) is 4. The number of hydrogen-bond donors (Lipinski definition) is 1. The average Bonchev–Trinajstić information content (AvgIpc) is 2.87. The van der Waals surface area contributed by atoms with Crippen LogP contribution in [0.2, 0.25) is 0 Å². The number of aliphatic carboxylic acids is 1. The highest BCUT2D eigenvalue weighted by Gasteiger charge is 2.28. The molecule has 6 nitrogen and oxygen atoms in total. The molecule has 0 radical (unpaired) electrons. The maximum absolute atomic E-state index is 11.8. The maximum atomic E-state index is 11.8. The lowest BCUT2D eigenvalue weighted by Crippen LogP contribution is -2.03. The SMILES string of the molecule is CS(=O)(=O)c1nccc2c1cc1n2CCC1CC(=O)O. The molecule has 0 aromatic carbocycles. The summed E-state index contributed by atoms with van der Waals surface area (Å²) in [6, 6.07) is 3.55. The second kappa shape index (κ2) is 4.31. The fraction of sp³-hybridized carbons (Fsp3) is 0.385. The molecule has 0 spiro atoms. The van der Waals surface area contributed by atoms with Gasteiger partial charge >= 0.3 is 5.97 Å². The molecule has 0 aliphatic carbocycles. The normalized spacial score (nSPS) is 18.4. The summed E-state index contributed by atoms with van der Waals surface area (Å²) in [6.07, 6.45) is 3.45. The number of rotatable bonds is 3. The molecule has 0 saturated carbocycles. The van der Waals surface area contributed by atoms with Gasteiger partial charge in [-0.3, -0.25) is 4.79 Å². The Morgan fingerprint density at radius 3 is 2.95 bits per heavy atom. The van der Waals surface area contributed by atoms with Crippen molar-refractivity contribution < 1.29 is 18.3 Å². The Kier molecular flexibility index (Phi) is 2.82. The molecular weight excluding hydrogens is 280 g/mol. The van der Waals surface area contributed by atoms with Gasteiger partial charge in [-0.25, -0.2) is 13.4 Å². The van der Waals surface area contributed by atoms with E-state index >= 15 is 0 Å². The van der Waals surface area contributed by atoms with Crippen molar-refractivity contribution in [1.29, 1.82) is 0 Å². The molecule has 106 valence electrons. The van der Waals surface area contributed by atoms with Crippen molar-refractivity contribution in [3.63, 3.8) is 0 Å². The van der Waals surface area contributed by atoms with Gasteiger partial charge in [0.25, 0.3) is 0 Å². The highest BCUT2D eigenvalue weighted by molar-refractivity contribution is 7.90. The Morgan fingerprint density at radius 1 is 1.55 bits per heavy atom. The maximum Gasteiger partial charge on any atom is 0.304 e. The van der Waals surface area contributed by atoms with E-state index in [1.54, 1.807) is 12.1 Å². The molecule has 3 heterocycles. The van der Waals surface area contributed by atoms with Crippen molar-refractivity contribution >= 4 is 26.7 Å². The van der Waals surface area contributed by atoms with Gasteiger partial charge in [-0.1, -0.05) is 0 Å². The molecule has 7 heteroatoms. The first-order valence-corrected chi connectivity index (χ1v) is 8.17. The van der Waals surface area contributed by atoms with Crippen LogP contribution in [0.4, 0.5) is 0 Å². The lowest BCUT2D eigenvalue weighted by atomic mass is 10.0. The molecular formula is C13H14N2O4S. The number of nitrogens with zero attached hydrogens (tertiary/aromatic N) is 2.